The molecule has 9 heteroatoms. The van der Waals surface area contributed by atoms with E-state index in [-0.39, 0.29) is 17.6 Å². The number of methoxy groups -OCH3 is 1. The van der Waals surface area contributed by atoms with E-state index in [2.05, 4.69) is 29.4 Å². The van der Waals surface area contributed by atoms with E-state index in [0.29, 0.717) is 15.7 Å². The van der Waals surface area contributed by atoms with Crippen LogP contribution in [0, 0.1) is 6.92 Å². The molecule has 0 saturated heterocycles. The number of aryl methyl sites for hydroxylation is 1. The van der Waals surface area contributed by atoms with Crippen LogP contribution in [0.15, 0.2) is 35.5 Å². The molecule has 0 bridgehead atoms. The Morgan fingerprint density at radius 3 is 2.55 bits per heavy atom. The molecule has 0 aliphatic rings. The minimum atomic E-state index is -0.474. The van der Waals surface area contributed by atoms with Crippen molar-refractivity contribution in [2.45, 2.75) is 45.3 Å². The molecule has 7 nitrogen and oxygen atoms in total. The van der Waals surface area contributed by atoms with Crippen molar-refractivity contribution in [3.63, 3.8) is 0 Å². The van der Waals surface area contributed by atoms with Crippen LogP contribution < -0.4 is 5.32 Å². The van der Waals surface area contributed by atoms with Gasteiger partial charge in [0.25, 0.3) is 0 Å². The van der Waals surface area contributed by atoms with E-state index in [4.69, 9.17) is 4.74 Å². The van der Waals surface area contributed by atoms with Gasteiger partial charge in [-0.1, -0.05) is 55.9 Å². The summed E-state index contributed by atoms with van der Waals surface area (Å²) in [6.45, 7) is 8.83. The summed E-state index contributed by atoms with van der Waals surface area (Å²) < 4.78 is 7.03. The monoisotopic (exact) mass is 458 g/mol. The van der Waals surface area contributed by atoms with Crippen LogP contribution in [0.25, 0.3) is 11.1 Å². The van der Waals surface area contributed by atoms with Crippen molar-refractivity contribution in [1.82, 2.24) is 14.8 Å². The SMILES string of the molecule is CCn1c(SCC(=O)Nc2sc(C)c(-c3ccccc3)c2C(=O)OC)nnc1C(C)C. The number of amides is 1. The van der Waals surface area contributed by atoms with E-state index >= 15 is 0 Å². The third kappa shape index (κ3) is 4.99. The highest BCUT2D eigenvalue weighted by atomic mass is 32.2. The second kappa shape index (κ2) is 10.1. The predicted molar refractivity (Wildman–Crippen MR) is 125 cm³/mol. The maximum absolute atomic E-state index is 12.7. The van der Waals surface area contributed by atoms with Gasteiger partial charge in [0.1, 0.15) is 16.4 Å². The topological polar surface area (TPSA) is 86.1 Å². The largest absolute Gasteiger partial charge is 0.465 e. The molecule has 0 radical (unpaired) electrons. The molecule has 0 saturated carbocycles. The van der Waals surface area contributed by atoms with Crippen LogP contribution in [0.4, 0.5) is 5.00 Å². The number of esters is 1. The molecule has 0 aliphatic carbocycles. The maximum atomic E-state index is 12.7. The number of nitrogens with zero attached hydrogens (tertiary/aromatic N) is 3. The summed E-state index contributed by atoms with van der Waals surface area (Å²) in [5.41, 5.74) is 2.07. The average molecular weight is 459 g/mol. The van der Waals surface area contributed by atoms with Gasteiger partial charge in [-0.05, 0) is 19.4 Å². The van der Waals surface area contributed by atoms with E-state index in [1.165, 1.54) is 30.2 Å². The van der Waals surface area contributed by atoms with Crippen LogP contribution in [0.1, 0.15) is 47.7 Å². The van der Waals surface area contributed by atoms with Crippen LogP contribution in [-0.4, -0.2) is 39.5 Å². The Hall–Kier alpha value is -2.65. The Morgan fingerprint density at radius 1 is 1.23 bits per heavy atom. The number of rotatable bonds is 8. The number of carbonyl (C=O) groups excluding carboxylic acids is 2. The van der Waals surface area contributed by atoms with Gasteiger partial charge < -0.3 is 14.6 Å². The first-order valence-electron chi connectivity index (χ1n) is 10.00. The lowest BCUT2D eigenvalue weighted by atomic mass is 10.0. The van der Waals surface area contributed by atoms with Crippen LogP contribution in [0.5, 0.6) is 0 Å². The number of aromatic nitrogens is 3. The van der Waals surface area contributed by atoms with Gasteiger partial charge in [0, 0.05) is 22.9 Å². The van der Waals surface area contributed by atoms with E-state index < -0.39 is 5.97 Å². The van der Waals surface area contributed by atoms with Gasteiger partial charge in [0.2, 0.25) is 5.91 Å². The summed E-state index contributed by atoms with van der Waals surface area (Å²) in [7, 11) is 1.34. The van der Waals surface area contributed by atoms with Crippen molar-refractivity contribution < 1.29 is 14.3 Å². The summed E-state index contributed by atoms with van der Waals surface area (Å²) in [6.07, 6.45) is 0. The van der Waals surface area contributed by atoms with Gasteiger partial charge >= 0.3 is 5.97 Å². The fourth-order valence-electron chi connectivity index (χ4n) is 3.31. The van der Waals surface area contributed by atoms with Gasteiger partial charge in [0.15, 0.2) is 5.16 Å². The molecule has 0 unspecified atom stereocenters. The molecule has 1 amide bonds. The van der Waals surface area contributed by atoms with Crippen LogP contribution >= 0.6 is 23.1 Å². The van der Waals surface area contributed by atoms with Crippen molar-refractivity contribution in [3.05, 3.63) is 46.6 Å². The molecule has 0 fully saturated rings. The standard InChI is InChI=1S/C22H26N4O3S2/c1-6-26-19(13(2)3)24-25-22(26)30-12-16(27)23-20-18(21(28)29-5)17(14(4)31-20)15-10-8-7-9-11-15/h7-11,13H,6,12H2,1-5H3,(H,23,27). The number of hydrogen-bond donors (Lipinski definition) is 1. The van der Waals surface area contributed by atoms with Gasteiger partial charge in [-0.2, -0.15) is 0 Å². The van der Waals surface area contributed by atoms with Crippen molar-refractivity contribution in [2.24, 2.45) is 0 Å². The predicted octanol–water partition coefficient (Wildman–Crippen LogP) is 4.98. The summed E-state index contributed by atoms with van der Waals surface area (Å²) >= 11 is 2.70. The number of thioether (sulfide) groups is 1. The lowest BCUT2D eigenvalue weighted by Gasteiger charge is -2.10. The molecular weight excluding hydrogens is 432 g/mol. The molecule has 1 N–H and O–H groups in total. The van der Waals surface area contributed by atoms with E-state index in [1.807, 2.05) is 48.7 Å². The summed E-state index contributed by atoms with van der Waals surface area (Å²) in [6, 6.07) is 9.62. The molecule has 3 rings (SSSR count). The Bertz CT molecular complexity index is 1070. The van der Waals surface area contributed by atoms with E-state index in [0.717, 1.165) is 28.4 Å². The van der Waals surface area contributed by atoms with Crippen molar-refractivity contribution in [1.29, 1.82) is 0 Å². The zero-order valence-electron chi connectivity index (χ0n) is 18.3. The maximum Gasteiger partial charge on any atom is 0.341 e. The quantitative estimate of drug-likeness (QED) is 0.379. The van der Waals surface area contributed by atoms with E-state index in [9.17, 15) is 9.59 Å². The van der Waals surface area contributed by atoms with Crippen molar-refractivity contribution in [2.75, 3.05) is 18.2 Å². The number of thiophene rings is 1. The molecule has 0 atom stereocenters. The number of anilines is 1. The first-order valence-corrected chi connectivity index (χ1v) is 11.8. The van der Waals surface area contributed by atoms with Crippen molar-refractivity contribution in [3.8, 4) is 11.1 Å². The molecular formula is C22H26N4O3S2. The van der Waals surface area contributed by atoms with Crippen LogP contribution in [0.3, 0.4) is 0 Å². The number of nitrogens with one attached hydrogen (secondary N) is 1. The molecule has 2 heterocycles. The summed E-state index contributed by atoms with van der Waals surface area (Å²) in [5.74, 6) is 0.629. The zero-order valence-corrected chi connectivity index (χ0v) is 19.9. The molecule has 31 heavy (non-hydrogen) atoms. The number of benzene rings is 1. The minimum Gasteiger partial charge on any atom is -0.465 e. The first kappa shape index (κ1) is 23.0. The van der Waals surface area contributed by atoms with Gasteiger partial charge in [-0.3, -0.25) is 4.79 Å². The Labute approximate surface area is 190 Å². The highest BCUT2D eigenvalue weighted by Gasteiger charge is 2.25. The second-order valence-corrected chi connectivity index (χ2v) is 9.34. The van der Waals surface area contributed by atoms with Gasteiger partial charge in [0.05, 0.1) is 12.9 Å². The first-order chi connectivity index (χ1) is 14.9. The third-order valence-electron chi connectivity index (χ3n) is 4.70. The summed E-state index contributed by atoms with van der Waals surface area (Å²) in [4.78, 5) is 26.2. The number of carbonyl (C=O) groups is 2. The average Bonchev–Trinajstić information content (AvgIpc) is 3.32. The normalized spacial score (nSPS) is 11.0. The highest BCUT2D eigenvalue weighted by molar-refractivity contribution is 7.99. The number of ether oxygens (including phenoxy) is 1. The Kier molecular flexibility index (Phi) is 7.50. The minimum absolute atomic E-state index is 0.161. The molecule has 164 valence electrons. The Balaban J connectivity index is 1.81. The molecule has 0 aliphatic heterocycles. The zero-order chi connectivity index (χ0) is 22.5. The molecule has 0 spiro atoms. The van der Waals surface area contributed by atoms with Crippen LogP contribution in [-0.2, 0) is 16.1 Å². The molecule has 3 aromatic rings. The van der Waals surface area contributed by atoms with Crippen molar-refractivity contribution >= 4 is 40.0 Å². The smallest absolute Gasteiger partial charge is 0.341 e. The molecule has 1 aromatic carbocycles. The fourth-order valence-corrected chi connectivity index (χ4v) is 5.20. The summed E-state index contributed by atoms with van der Waals surface area (Å²) in [5, 5.41) is 12.6. The fraction of sp³-hybridized carbons (Fsp3) is 0.364. The van der Waals surface area contributed by atoms with E-state index in [1.54, 1.807) is 0 Å². The number of hydrogen-bond acceptors (Lipinski definition) is 7. The lowest BCUT2D eigenvalue weighted by Crippen LogP contribution is -2.16. The Morgan fingerprint density at radius 2 is 1.94 bits per heavy atom. The highest BCUT2D eigenvalue weighted by Crippen LogP contribution is 2.40. The van der Waals surface area contributed by atoms with Crippen LogP contribution in [0.2, 0.25) is 0 Å². The van der Waals surface area contributed by atoms with Gasteiger partial charge in [-0.25, -0.2) is 4.79 Å². The van der Waals surface area contributed by atoms with Gasteiger partial charge in [-0.15, -0.1) is 21.5 Å². The third-order valence-corrected chi connectivity index (χ3v) is 6.69. The molecule has 2 aromatic heterocycles. The second-order valence-electron chi connectivity index (χ2n) is 7.17. The lowest BCUT2D eigenvalue weighted by molar-refractivity contribution is -0.113.